The maximum absolute atomic E-state index is 9.02. The fourth-order valence-electron chi connectivity index (χ4n) is 2.17. The van der Waals surface area contributed by atoms with Gasteiger partial charge in [-0.25, -0.2) is 4.98 Å². The van der Waals surface area contributed by atoms with Crippen molar-refractivity contribution in [1.82, 2.24) is 10.3 Å². The van der Waals surface area contributed by atoms with Crippen molar-refractivity contribution in [2.24, 2.45) is 0 Å². The predicted octanol–water partition coefficient (Wildman–Crippen LogP) is 3.70. The van der Waals surface area contributed by atoms with Crippen LogP contribution in [-0.2, 0) is 19.6 Å². The second-order valence-electron chi connectivity index (χ2n) is 5.06. The number of nitrogens with zero attached hydrogens (tertiary/aromatic N) is 1. The summed E-state index contributed by atoms with van der Waals surface area (Å²) in [5.74, 6) is 0. The van der Waals surface area contributed by atoms with E-state index in [1.165, 1.54) is 11.1 Å². The SMILES string of the molecule is OCc1ccc(CCNCc2csc(-c3ccsc3)n2)cc1. The molecule has 0 saturated carbocycles. The molecule has 0 fully saturated rings. The van der Waals surface area contributed by atoms with E-state index in [2.05, 4.69) is 44.6 Å². The number of aliphatic hydroxyl groups is 1. The molecular weight excluding hydrogens is 312 g/mol. The quantitative estimate of drug-likeness (QED) is 0.649. The van der Waals surface area contributed by atoms with Crippen LogP contribution < -0.4 is 5.32 Å². The van der Waals surface area contributed by atoms with Crippen molar-refractivity contribution in [3.63, 3.8) is 0 Å². The minimum Gasteiger partial charge on any atom is -0.392 e. The highest BCUT2D eigenvalue weighted by molar-refractivity contribution is 7.14. The first-order valence-corrected chi connectivity index (χ1v) is 9.04. The van der Waals surface area contributed by atoms with Gasteiger partial charge in [-0.15, -0.1) is 11.3 Å². The number of thiazole rings is 1. The van der Waals surface area contributed by atoms with Crippen LogP contribution in [0, 0.1) is 0 Å². The number of thiophene rings is 1. The van der Waals surface area contributed by atoms with Crippen LogP contribution in [0.5, 0.6) is 0 Å². The fraction of sp³-hybridized carbons (Fsp3) is 0.235. The molecule has 0 saturated heterocycles. The molecule has 0 aliphatic heterocycles. The van der Waals surface area contributed by atoms with Gasteiger partial charge in [-0.2, -0.15) is 11.3 Å². The maximum Gasteiger partial charge on any atom is 0.124 e. The molecule has 22 heavy (non-hydrogen) atoms. The Hall–Kier alpha value is -1.53. The Bertz CT molecular complexity index is 690. The molecule has 2 aromatic heterocycles. The molecule has 0 atom stereocenters. The maximum atomic E-state index is 9.02. The standard InChI is InChI=1S/C17H18N2OS2/c20-10-14-3-1-13(2-4-14)5-7-18-9-16-12-22-17(19-16)15-6-8-21-11-15/h1-4,6,8,11-12,18,20H,5,7,9-10H2. The normalized spacial score (nSPS) is 11.0. The number of benzene rings is 1. The van der Waals surface area contributed by atoms with Crippen LogP contribution in [0.15, 0.2) is 46.5 Å². The molecule has 0 aliphatic carbocycles. The number of hydrogen-bond donors (Lipinski definition) is 2. The van der Waals surface area contributed by atoms with E-state index < -0.39 is 0 Å². The van der Waals surface area contributed by atoms with Crippen LogP contribution in [0.4, 0.5) is 0 Å². The summed E-state index contributed by atoms with van der Waals surface area (Å²) in [6, 6.07) is 10.2. The summed E-state index contributed by atoms with van der Waals surface area (Å²) in [6.45, 7) is 1.83. The molecule has 0 unspecified atom stereocenters. The van der Waals surface area contributed by atoms with Gasteiger partial charge in [-0.1, -0.05) is 24.3 Å². The molecular formula is C17H18N2OS2. The van der Waals surface area contributed by atoms with Crippen LogP contribution in [0.2, 0.25) is 0 Å². The van der Waals surface area contributed by atoms with E-state index in [-0.39, 0.29) is 6.61 Å². The Morgan fingerprint density at radius 2 is 1.86 bits per heavy atom. The highest BCUT2D eigenvalue weighted by atomic mass is 32.1. The minimum absolute atomic E-state index is 0.106. The second-order valence-corrected chi connectivity index (χ2v) is 6.70. The lowest BCUT2D eigenvalue weighted by Gasteiger charge is -2.04. The largest absolute Gasteiger partial charge is 0.392 e. The van der Waals surface area contributed by atoms with Crippen molar-refractivity contribution in [3.05, 3.63) is 63.3 Å². The average molecular weight is 330 g/mol. The monoisotopic (exact) mass is 330 g/mol. The predicted molar refractivity (Wildman–Crippen MR) is 93.2 cm³/mol. The summed E-state index contributed by atoms with van der Waals surface area (Å²) < 4.78 is 0. The van der Waals surface area contributed by atoms with Crippen LogP contribution in [0.25, 0.3) is 10.6 Å². The average Bonchev–Trinajstić information content (AvgIpc) is 3.23. The number of rotatable bonds is 7. The number of aliphatic hydroxyl groups excluding tert-OH is 1. The Kier molecular flexibility index (Phi) is 5.34. The molecule has 5 heteroatoms. The molecule has 3 rings (SSSR count). The third-order valence-corrected chi connectivity index (χ3v) is 5.05. The van der Waals surface area contributed by atoms with Gasteiger partial charge in [0.15, 0.2) is 0 Å². The Labute approximate surface area is 138 Å². The number of hydrogen-bond acceptors (Lipinski definition) is 5. The minimum atomic E-state index is 0.106. The zero-order valence-electron chi connectivity index (χ0n) is 12.2. The molecule has 0 aliphatic rings. The first-order chi connectivity index (χ1) is 10.8. The summed E-state index contributed by atoms with van der Waals surface area (Å²) in [6.07, 6.45) is 0.979. The molecule has 3 aromatic rings. The lowest BCUT2D eigenvalue weighted by Crippen LogP contribution is -2.16. The lowest BCUT2D eigenvalue weighted by atomic mass is 10.1. The molecule has 0 amide bonds. The van der Waals surface area contributed by atoms with E-state index in [4.69, 9.17) is 5.11 Å². The highest BCUT2D eigenvalue weighted by Crippen LogP contribution is 2.25. The zero-order chi connectivity index (χ0) is 15.2. The zero-order valence-corrected chi connectivity index (χ0v) is 13.8. The van der Waals surface area contributed by atoms with E-state index in [9.17, 15) is 0 Å². The van der Waals surface area contributed by atoms with Crippen LogP contribution in [-0.4, -0.2) is 16.6 Å². The molecule has 0 spiro atoms. The third kappa shape index (κ3) is 4.01. The van der Waals surface area contributed by atoms with E-state index in [1.54, 1.807) is 22.7 Å². The molecule has 0 bridgehead atoms. The summed E-state index contributed by atoms with van der Waals surface area (Å²) in [5.41, 5.74) is 4.55. The molecule has 1 aromatic carbocycles. The van der Waals surface area contributed by atoms with Crippen molar-refractivity contribution in [2.75, 3.05) is 6.54 Å². The van der Waals surface area contributed by atoms with Crippen molar-refractivity contribution in [1.29, 1.82) is 0 Å². The fourth-order valence-corrected chi connectivity index (χ4v) is 3.70. The van der Waals surface area contributed by atoms with Gasteiger partial charge in [-0.05, 0) is 35.5 Å². The van der Waals surface area contributed by atoms with Gasteiger partial charge in [0.2, 0.25) is 0 Å². The van der Waals surface area contributed by atoms with Crippen LogP contribution >= 0.6 is 22.7 Å². The van der Waals surface area contributed by atoms with Gasteiger partial charge >= 0.3 is 0 Å². The van der Waals surface area contributed by atoms with Gasteiger partial charge in [0.25, 0.3) is 0 Å². The van der Waals surface area contributed by atoms with Crippen LogP contribution in [0.3, 0.4) is 0 Å². The van der Waals surface area contributed by atoms with Crippen molar-refractivity contribution >= 4 is 22.7 Å². The van der Waals surface area contributed by atoms with Gasteiger partial charge in [0, 0.05) is 22.9 Å². The second kappa shape index (κ2) is 7.65. The third-order valence-electron chi connectivity index (χ3n) is 3.42. The first-order valence-electron chi connectivity index (χ1n) is 7.21. The summed E-state index contributed by atoms with van der Waals surface area (Å²) in [7, 11) is 0. The Morgan fingerprint density at radius 1 is 1.05 bits per heavy atom. The van der Waals surface area contributed by atoms with E-state index >= 15 is 0 Å². The first kappa shape index (κ1) is 15.4. The van der Waals surface area contributed by atoms with Crippen molar-refractivity contribution in [3.8, 4) is 10.6 Å². The van der Waals surface area contributed by atoms with Gasteiger partial charge in [-0.3, -0.25) is 0 Å². The molecule has 2 heterocycles. The highest BCUT2D eigenvalue weighted by Gasteiger charge is 2.04. The number of nitrogens with one attached hydrogen (secondary N) is 1. The number of aromatic nitrogens is 1. The van der Waals surface area contributed by atoms with E-state index in [0.29, 0.717) is 0 Å². The van der Waals surface area contributed by atoms with Gasteiger partial charge in [0.05, 0.1) is 12.3 Å². The summed E-state index contributed by atoms with van der Waals surface area (Å²) in [4.78, 5) is 4.65. The summed E-state index contributed by atoms with van der Waals surface area (Å²) in [5, 5.41) is 19.9. The van der Waals surface area contributed by atoms with Crippen molar-refractivity contribution < 1.29 is 5.11 Å². The summed E-state index contributed by atoms with van der Waals surface area (Å²) >= 11 is 3.40. The molecule has 3 nitrogen and oxygen atoms in total. The van der Waals surface area contributed by atoms with Crippen molar-refractivity contribution in [2.45, 2.75) is 19.6 Å². The molecule has 0 radical (unpaired) electrons. The molecule has 2 N–H and O–H groups in total. The Morgan fingerprint density at radius 3 is 2.59 bits per heavy atom. The van der Waals surface area contributed by atoms with Gasteiger partial charge < -0.3 is 10.4 Å². The topological polar surface area (TPSA) is 45.1 Å². The lowest BCUT2D eigenvalue weighted by molar-refractivity contribution is 0.282. The van der Waals surface area contributed by atoms with Crippen LogP contribution in [0.1, 0.15) is 16.8 Å². The Balaban J connectivity index is 1.45. The van der Waals surface area contributed by atoms with E-state index in [0.717, 1.165) is 35.8 Å². The smallest absolute Gasteiger partial charge is 0.124 e. The molecule has 114 valence electrons. The van der Waals surface area contributed by atoms with E-state index in [1.807, 2.05) is 12.1 Å². The van der Waals surface area contributed by atoms with Gasteiger partial charge in [0.1, 0.15) is 5.01 Å².